The van der Waals surface area contributed by atoms with Crippen LogP contribution in [0.15, 0.2) is 18.3 Å². The van der Waals surface area contributed by atoms with E-state index in [2.05, 4.69) is 4.98 Å². The lowest BCUT2D eigenvalue weighted by Crippen LogP contribution is -2.34. The number of aromatic nitrogens is 1. The number of pyridine rings is 1. The average molecular weight is 238 g/mol. The van der Waals surface area contributed by atoms with Crippen molar-refractivity contribution >= 4 is 11.9 Å². The molecule has 0 saturated heterocycles. The van der Waals surface area contributed by atoms with Gasteiger partial charge in [0.1, 0.15) is 17.2 Å². The van der Waals surface area contributed by atoms with Crippen LogP contribution in [-0.4, -0.2) is 30.8 Å². The summed E-state index contributed by atoms with van der Waals surface area (Å²) in [4.78, 5) is 17.2. The maximum atomic E-state index is 11.7. The van der Waals surface area contributed by atoms with E-state index in [1.54, 1.807) is 32.5 Å². The Morgan fingerprint density at radius 2 is 2.00 bits per heavy atom. The van der Waals surface area contributed by atoms with E-state index in [-0.39, 0.29) is 0 Å². The number of carbonyl (C=O) groups is 1. The SMILES string of the molecule is COc1ccc(N(C)C(=O)OC(C)(C)C)nc1. The van der Waals surface area contributed by atoms with Gasteiger partial charge < -0.3 is 9.47 Å². The Kier molecular flexibility index (Phi) is 3.93. The largest absolute Gasteiger partial charge is 0.495 e. The molecule has 0 N–H and O–H groups in total. The van der Waals surface area contributed by atoms with Gasteiger partial charge in [0.2, 0.25) is 0 Å². The Hall–Kier alpha value is -1.78. The first kappa shape index (κ1) is 13.3. The molecule has 1 aromatic heterocycles. The van der Waals surface area contributed by atoms with Crippen molar-refractivity contribution in [2.24, 2.45) is 0 Å². The van der Waals surface area contributed by atoms with Crippen LogP contribution in [0.5, 0.6) is 5.75 Å². The molecule has 17 heavy (non-hydrogen) atoms. The molecule has 5 heteroatoms. The molecule has 0 aromatic carbocycles. The molecule has 0 radical (unpaired) electrons. The monoisotopic (exact) mass is 238 g/mol. The summed E-state index contributed by atoms with van der Waals surface area (Å²) >= 11 is 0. The zero-order valence-corrected chi connectivity index (χ0v) is 10.9. The van der Waals surface area contributed by atoms with E-state index in [9.17, 15) is 4.79 Å². The Morgan fingerprint density at radius 1 is 1.35 bits per heavy atom. The second-order valence-electron chi connectivity index (χ2n) is 4.60. The van der Waals surface area contributed by atoms with Crippen molar-refractivity contribution in [3.8, 4) is 5.75 Å². The molecule has 94 valence electrons. The van der Waals surface area contributed by atoms with E-state index >= 15 is 0 Å². The highest BCUT2D eigenvalue weighted by Gasteiger charge is 2.21. The summed E-state index contributed by atoms with van der Waals surface area (Å²) in [5, 5.41) is 0. The number of rotatable bonds is 2. The Labute approximate surface area is 101 Å². The van der Waals surface area contributed by atoms with Crippen molar-refractivity contribution in [1.29, 1.82) is 0 Å². The lowest BCUT2D eigenvalue weighted by molar-refractivity contribution is 0.0588. The first-order valence-corrected chi connectivity index (χ1v) is 5.30. The van der Waals surface area contributed by atoms with Gasteiger partial charge in [0, 0.05) is 7.05 Å². The molecule has 0 unspecified atom stereocenters. The van der Waals surface area contributed by atoms with Crippen molar-refractivity contribution in [1.82, 2.24) is 4.98 Å². The topological polar surface area (TPSA) is 51.7 Å². The highest BCUT2D eigenvalue weighted by atomic mass is 16.6. The van der Waals surface area contributed by atoms with Gasteiger partial charge in [0.25, 0.3) is 0 Å². The molecule has 5 nitrogen and oxygen atoms in total. The van der Waals surface area contributed by atoms with E-state index in [1.165, 1.54) is 4.90 Å². The fourth-order valence-corrected chi connectivity index (χ4v) is 1.12. The molecule has 0 aliphatic rings. The fourth-order valence-electron chi connectivity index (χ4n) is 1.12. The molecule has 0 spiro atoms. The number of hydrogen-bond donors (Lipinski definition) is 0. The molecule has 1 rings (SSSR count). The lowest BCUT2D eigenvalue weighted by atomic mass is 10.2. The summed E-state index contributed by atoms with van der Waals surface area (Å²) in [6.45, 7) is 5.46. The van der Waals surface area contributed by atoms with Crippen molar-refractivity contribution in [2.45, 2.75) is 26.4 Å². The molecule has 0 atom stereocenters. The maximum Gasteiger partial charge on any atom is 0.415 e. The van der Waals surface area contributed by atoms with Crippen LogP contribution in [0, 0.1) is 0 Å². The maximum absolute atomic E-state index is 11.7. The van der Waals surface area contributed by atoms with E-state index < -0.39 is 11.7 Å². The minimum absolute atomic E-state index is 0.435. The second-order valence-corrected chi connectivity index (χ2v) is 4.60. The Balaban J connectivity index is 2.74. The van der Waals surface area contributed by atoms with Crippen LogP contribution < -0.4 is 9.64 Å². The molecule has 1 aromatic rings. The number of hydrogen-bond acceptors (Lipinski definition) is 4. The lowest BCUT2D eigenvalue weighted by Gasteiger charge is -2.24. The second kappa shape index (κ2) is 5.03. The number of ether oxygens (including phenoxy) is 2. The van der Waals surface area contributed by atoms with Gasteiger partial charge >= 0.3 is 6.09 Å². The molecule has 1 amide bonds. The normalized spacial score (nSPS) is 10.9. The van der Waals surface area contributed by atoms with Gasteiger partial charge in [0.05, 0.1) is 13.3 Å². The summed E-state index contributed by atoms with van der Waals surface area (Å²) in [5.41, 5.74) is -0.516. The van der Waals surface area contributed by atoms with Gasteiger partial charge in [-0.15, -0.1) is 0 Å². The van der Waals surface area contributed by atoms with Crippen LogP contribution in [-0.2, 0) is 4.74 Å². The van der Waals surface area contributed by atoms with Gasteiger partial charge in [-0.05, 0) is 32.9 Å². The molecular weight excluding hydrogens is 220 g/mol. The number of carbonyl (C=O) groups excluding carboxylic acids is 1. The standard InChI is InChI=1S/C12H18N2O3/c1-12(2,3)17-11(15)14(4)10-7-6-9(16-5)8-13-10/h6-8H,1-5H3. The molecular formula is C12H18N2O3. The predicted molar refractivity (Wildman–Crippen MR) is 65.4 cm³/mol. The zero-order valence-electron chi connectivity index (χ0n) is 10.9. The molecule has 0 fully saturated rings. The Bertz CT molecular complexity index is 382. The molecule has 1 heterocycles. The minimum atomic E-state index is -0.516. The van der Waals surface area contributed by atoms with Gasteiger partial charge in [-0.25, -0.2) is 9.78 Å². The van der Waals surface area contributed by atoms with Gasteiger partial charge in [-0.3, -0.25) is 4.90 Å². The van der Waals surface area contributed by atoms with Crippen LogP contribution in [0.4, 0.5) is 10.6 Å². The zero-order chi connectivity index (χ0) is 13.1. The van der Waals surface area contributed by atoms with Crippen molar-refractivity contribution < 1.29 is 14.3 Å². The first-order valence-electron chi connectivity index (χ1n) is 5.30. The number of methoxy groups -OCH3 is 1. The van der Waals surface area contributed by atoms with E-state index in [1.807, 2.05) is 20.8 Å². The smallest absolute Gasteiger partial charge is 0.415 e. The van der Waals surface area contributed by atoms with Crippen molar-refractivity contribution in [3.05, 3.63) is 18.3 Å². The van der Waals surface area contributed by atoms with Crippen molar-refractivity contribution in [3.63, 3.8) is 0 Å². The van der Waals surface area contributed by atoms with E-state index in [0.717, 1.165) is 0 Å². The van der Waals surface area contributed by atoms with Crippen LogP contribution in [0.1, 0.15) is 20.8 Å². The molecule has 0 bridgehead atoms. The highest BCUT2D eigenvalue weighted by Crippen LogP contribution is 2.17. The number of nitrogens with zero attached hydrogens (tertiary/aromatic N) is 2. The third-order valence-corrected chi connectivity index (χ3v) is 1.97. The van der Waals surface area contributed by atoms with Crippen LogP contribution >= 0.6 is 0 Å². The average Bonchev–Trinajstić information content (AvgIpc) is 2.26. The summed E-state index contributed by atoms with van der Waals surface area (Å²) in [6.07, 6.45) is 1.12. The first-order chi connectivity index (χ1) is 7.83. The number of anilines is 1. The molecule has 0 saturated carbocycles. The van der Waals surface area contributed by atoms with E-state index in [4.69, 9.17) is 9.47 Å². The third-order valence-electron chi connectivity index (χ3n) is 1.97. The van der Waals surface area contributed by atoms with Crippen LogP contribution in [0.2, 0.25) is 0 Å². The van der Waals surface area contributed by atoms with Crippen LogP contribution in [0.25, 0.3) is 0 Å². The quantitative estimate of drug-likeness (QED) is 0.794. The minimum Gasteiger partial charge on any atom is -0.495 e. The highest BCUT2D eigenvalue weighted by molar-refractivity contribution is 5.85. The third kappa shape index (κ3) is 3.94. The van der Waals surface area contributed by atoms with Crippen LogP contribution in [0.3, 0.4) is 0 Å². The summed E-state index contributed by atoms with van der Waals surface area (Å²) < 4.78 is 10.2. The summed E-state index contributed by atoms with van der Waals surface area (Å²) in [6, 6.07) is 3.44. The van der Waals surface area contributed by atoms with Crippen molar-refractivity contribution in [2.75, 3.05) is 19.1 Å². The number of amides is 1. The summed E-state index contributed by atoms with van der Waals surface area (Å²) in [7, 11) is 3.18. The van der Waals surface area contributed by atoms with E-state index in [0.29, 0.717) is 11.6 Å². The fraction of sp³-hybridized carbons (Fsp3) is 0.500. The molecule has 0 aliphatic carbocycles. The Morgan fingerprint density at radius 3 is 2.41 bits per heavy atom. The predicted octanol–water partition coefficient (Wildman–Crippen LogP) is 2.46. The van der Waals surface area contributed by atoms with Gasteiger partial charge in [-0.2, -0.15) is 0 Å². The molecule has 0 aliphatic heterocycles. The van der Waals surface area contributed by atoms with Gasteiger partial charge in [-0.1, -0.05) is 0 Å². The summed E-state index contributed by atoms with van der Waals surface area (Å²) in [5.74, 6) is 1.16. The van der Waals surface area contributed by atoms with Gasteiger partial charge in [0.15, 0.2) is 0 Å².